The Morgan fingerprint density at radius 2 is 1.58 bits per heavy atom. The van der Waals surface area contributed by atoms with Crippen LogP contribution >= 0.6 is 35.0 Å². The van der Waals surface area contributed by atoms with Crippen LogP contribution in [0, 0.1) is 0 Å². The van der Waals surface area contributed by atoms with Crippen molar-refractivity contribution in [3.8, 4) is 0 Å². The molecular formula is C24H30Cl2N2O2S. The van der Waals surface area contributed by atoms with Gasteiger partial charge in [-0.2, -0.15) is 0 Å². The summed E-state index contributed by atoms with van der Waals surface area (Å²) >= 11 is 13.6. The summed E-state index contributed by atoms with van der Waals surface area (Å²) in [7, 11) is 0. The van der Waals surface area contributed by atoms with Crippen molar-refractivity contribution < 1.29 is 9.59 Å². The molecule has 0 spiro atoms. The molecule has 0 unspecified atom stereocenters. The molecule has 31 heavy (non-hydrogen) atoms. The first kappa shape index (κ1) is 25.6. The molecule has 168 valence electrons. The van der Waals surface area contributed by atoms with Gasteiger partial charge in [0, 0.05) is 33.9 Å². The molecule has 2 rings (SSSR count). The van der Waals surface area contributed by atoms with E-state index < -0.39 is 6.04 Å². The minimum absolute atomic E-state index is 0.0292. The van der Waals surface area contributed by atoms with Gasteiger partial charge in [-0.05, 0) is 74.4 Å². The van der Waals surface area contributed by atoms with E-state index in [2.05, 4.69) is 5.32 Å². The van der Waals surface area contributed by atoms with Gasteiger partial charge in [0.15, 0.2) is 0 Å². The van der Waals surface area contributed by atoms with Gasteiger partial charge >= 0.3 is 0 Å². The summed E-state index contributed by atoms with van der Waals surface area (Å²) in [6.07, 6.45) is 1.95. The van der Waals surface area contributed by atoms with Gasteiger partial charge in [-0.3, -0.25) is 9.59 Å². The van der Waals surface area contributed by atoms with Crippen LogP contribution in [0.2, 0.25) is 10.0 Å². The van der Waals surface area contributed by atoms with Crippen LogP contribution < -0.4 is 5.32 Å². The Kier molecular flexibility index (Phi) is 10.7. The van der Waals surface area contributed by atoms with Gasteiger partial charge in [-0.25, -0.2) is 0 Å². The number of benzene rings is 2. The van der Waals surface area contributed by atoms with E-state index in [4.69, 9.17) is 23.2 Å². The average Bonchev–Trinajstić information content (AvgIpc) is 2.76. The minimum atomic E-state index is -0.555. The van der Waals surface area contributed by atoms with E-state index in [-0.39, 0.29) is 17.9 Å². The molecule has 7 heteroatoms. The van der Waals surface area contributed by atoms with Gasteiger partial charge in [0.2, 0.25) is 11.8 Å². The van der Waals surface area contributed by atoms with Gasteiger partial charge in [-0.15, -0.1) is 11.8 Å². The second-order valence-electron chi connectivity index (χ2n) is 7.55. The Morgan fingerprint density at radius 3 is 2.16 bits per heavy atom. The van der Waals surface area contributed by atoms with Gasteiger partial charge < -0.3 is 10.2 Å². The maximum atomic E-state index is 13.1. The molecule has 2 atom stereocenters. The summed E-state index contributed by atoms with van der Waals surface area (Å²) in [6.45, 7) is 6.14. The van der Waals surface area contributed by atoms with Gasteiger partial charge in [-0.1, -0.05) is 42.3 Å². The maximum Gasteiger partial charge on any atom is 0.242 e. The smallest absolute Gasteiger partial charge is 0.242 e. The maximum absolute atomic E-state index is 13.1. The normalized spacial score (nSPS) is 12.8. The molecule has 0 aliphatic rings. The molecule has 0 heterocycles. The van der Waals surface area contributed by atoms with Crippen LogP contribution in [0.3, 0.4) is 0 Å². The first-order chi connectivity index (χ1) is 14.8. The second kappa shape index (κ2) is 13.0. The lowest BCUT2D eigenvalue weighted by atomic mass is 10.1. The molecule has 0 aliphatic heterocycles. The minimum Gasteiger partial charge on any atom is -0.352 e. The van der Waals surface area contributed by atoms with Crippen molar-refractivity contribution in [1.29, 1.82) is 0 Å². The Bertz CT molecular complexity index is 844. The third kappa shape index (κ3) is 8.76. The van der Waals surface area contributed by atoms with Crippen LogP contribution in [0.25, 0.3) is 0 Å². The summed E-state index contributed by atoms with van der Waals surface area (Å²) in [5.74, 6) is 0.654. The van der Waals surface area contributed by atoms with Gasteiger partial charge in [0.1, 0.15) is 6.04 Å². The first-order valence-corrected chi connectivity index (χ1v) is 12.3. The van der Waals surface area contributed by atoms with E-state index in [1.807, 2.05) is 50.2 Å². The summed E-state index contributed by atoms with van der Waals surface area (Å²) in [5.41, 5.74) is 0.941. The fourth-order valence-corrected chi connectivity index (χ4v) is 4.03. The number of carbonyl (C=O) groups excluding carboxylic acids is 2. The molecule has 2 aromatic carbocycles. The van der Waals surface area contributed by atoms with Crippen molar-refractivity contribution in [2.75, 3.05) is 5.75 Å². The molecule has 0 fully saturated rings. The van der Waals surface area contributed by atoms with Crippen molar-refractivity contribution in [3.63, 3.8) is 0 Å². The molecule has 0 aromatic heterocycles. The third-order valence-electron chi connectivity index (χ3n) is 5.05. The number of rotatable bonds is 11. The fourth-order valence-electron chi connectivity index (χ4n) is 2.92. The monoisotopic (exact) mass is 480 g/mol. The molecule has 0 aliphatic carbocycles. The molecule has 0 saturated carbocycles. The number of amides is 2. The average molecular weight is 481 g/mol. The lowest BCUT2D eigenvalue weighted by Gasteiger charge is -2.29. The van der Waals surface area contributed by atoms with Crippen LogP contribution in [-0.4, -0.2) is 34.6 Å². The summed E-state index contributed by atoms with van der Waals surface area (Å²) in [5, 5.41) is 4.34. The predicted octanol–water partition coefficient (Wildman–Crippen LogP) is 6.20. The highest BCUT2D eigenvalue weighted by atomic mass is 35.5. The van der Waals surface area contributed by atoms with Crippen LogP contribution in [0.15, 0.2) is 53.4 Å². The zero-order valence-corrected chi connectivity index (χ0v) is 20.6. The topological polar surface area (TPSA) is 49.4 Å². The Morgan fingerprint density at radius 1 is 1.00 bits per heavy atom. The number of halogens is 2. The Balaban J connectivity index is 1.99. The van der Waals surface area contributed by atoms with E-state index in [1.165, 1.54) is 0 Å². The number of hydrogen-bond acceptors (Lipinski definition) is 3. The van der Waals surface area contributed by atoms with E-state index >= 15 is 0 Å². The van der Waals surface area contributed by atoms with Crippen LogP contribution in [0.5, 0.6) is 0 Å². The SMILES string of the molecule is CC[C@H](C)NC(=O)[C@@H](C)N(Cc1ccc(Cl)cc1)C(=O)CCCSc1ccc(Cl)cc1. The van der Waals surface area contributed by atoms with Crippen molar-refractivity contribution in [1.82, 2.24) is 10.2 Å². The lowest BCUT2D eigenvalue weighted by Crippen LogP contribution is -2.49. The number of nitrogens with zero attached hydrogens (tertiary/aromatic N) is 1. The summed E-state index contributed by atoms with van der Waals surface area (Å²) in [6, 6.07) is 14.6. The van der Waals surface area contributed by atoms with E-state index in [0.29, 0.717) is 23.0 Å². The van der Waals surface area contributed by atoms with Crippen molar-refractivity contribution >= 4 is 46.8 Å². The van der Waals surface area contributed by atoms with Crippen molar-refractivity contribution in [2.45, 2.75) is 63.6 Å². The Hall–Kier alpha value is -1.69. The number of hydrogen-bond donors (Lipinski definition) is 1. The van der Waals surface area contributed by atoms with E-state index in [9.17, 15) is 9.59 Å². The molecule has 2 aromatic rings. The molecule has 1 N–H and O–H groups in total. The van der Waals surface area contributed by atoms with Crippen molar-refractivity contribution in [2.24, 2.45) is 0 Å². The fraction of sp³-hybridized carbons (Fsp3) is 0.417. The van der Waals surface area contributed by atoms with Gasteiger partial charge in [0.25, 0.3) is 0 Å². The Labute approximate surface area is 199 Å². The van der Waals surface area contributed by atoms with Crippen LogP contribution in [0.1, 0.15) is 45.6 Å². The zero-order valence-electron chi connectivity index (χ0n) is 18.2. The molecule has 0 radical (unpaired) electrons. The highest BCUT2D eigenvalue weighted by Gasteiger charge is 2.26. The number of carbonyl (C=O) groups is 2. The molecule has 0 bridgehead atoms. The molecule has 0 saturated heterocycles. The summed E-state index contributed by atoms with van der Waals surface area (Å²) < 4.78 is 0. The largest absolute Gasteiger partial charge is 0.352 e. The van der Waals surface area contributed by atoms with Crippen LogP contribution in [-0.2, 0) is 16.1 Å². The van der Waals surface area contributed by atoms with Gasteiger partial charge in [0.05, 0.1) is 0 Å². The molecular weight excluding hydrogens is 451 g/mol. The number of nitrogens with one attached hydrogen (secondary N) is 1. The van der Waals surface area contributed by atoms with E-state index in [1.54, 1.807) is 35.7 Å². The van der Waals surface area contributed by atoms with E-state index in [0.717, 1.165) is 29.1 Å². The highest BCUT2D eigenvalue weighted by molar-refractivity contribution is 7.99. The highest BCUT2D eigenvalue weighted by Crippen LogP contribution is 2.22. The van der Waals surface area contributed by atoms with Crippen LogP contribution in [0.4, 0.5) is 0 Å². The third-order valence-corrected chi connectivity index (χ3v) is 6.65. The predicted molar refractivity (Wildman–Crippen MR) is 131 cm³/mol. The lowest BCUT2D eigenvalue weighted by molar-refractivity contribution is -0.140. The zero-order chi connectivity index (χ0) is 22.8. The molecule has 2 amide bonds. The second-order valence-corrected chi connectivity index (χ2v) is 9.59. The standard InChI is InChI=1S/C24H30Cl2N2O2S/c1-4-17(2)27-24(30)18(3)28(16-19-7-9-20(25)10-8-19)23(29)6-5-15-31-22-13-11-21(26)12-14-22/h7-14,17-18H,4-6,15-16H2,1-3H3,(H,27,30)/t17-,18+/m0/s1. The first-order valence-electron chi connectivity index (χ1n) is 10.5. The quantitative estimate of drug-likeness (QED) is 0.307. The summed E-state index contributed by atoms with van der Waals surface area (Å²) in [4.78, 5) is 28.6. The number of thioether (sulfide) groups is 1. The van der Waals surface area contributed by atoms with Crippen molar-refractivity contribution in [3.05, 3.63) is 64.1 Å². The molecule has 4 nitrogen and oxygen atoms in total.